The maximum atomic E-state index is 11.3. The van der Waals surface area contributed by atoms with Crippen LogP contribution in [0.5, 0.6) is 0 Å². The quantitative estimate of drug-likeness (QED) is 0.407. The number of rotatable bonds is 4. The van der Waals surface area contributed by atoms with Gasteiger partial charge in [0.1, 0.15) is 0 Å². The lowest BCUT2D eigenvalue weighted by Gasteiger charge is -2.02. The summed E-state index contributed by atoms with van der Waals surface area (Å²) in [5, 5.41) is 0. The van der Waals surface area contributed by atoms with Crippen LogP contribution in [0.4, 0.5) is 0 Å². The predicted octanol–water partition coefficient (Wildman–Crippen LogP) is 2.77. The van der Waals surface area contributed by atoms with E-state index in [9.17, 15) is 9.59 Å². The van der Waals surface area contributed by atoms with E-state index in [1.54, 1.807) is 26.0 Å². The minimum absolute atomic E-state index is 0.468. The zero-order valence-electron chi connectivity index (χ0n) is 9.79. The molecule has 0 saturated heterocycles. The van der Waals surface area contributed by atoms with Crippen LogP contribution in [0.1, 0.15) is 40.5 Å². The van der Waals surface area contributed by atoms with Crippen LogP contribution in [0.3, 0.4) is 0 Å². The lowest BCUT2D eigenvalue weighted by Crippen LogP contribution is -2.13. The Hall–Kier alpha value is -1.38. The van der Waals surface area contributed by atoms with E-state index in [0.717, 1.165) is 12.8 Å². The standard InChI is InChI=1S/C12H18O3/c1-5-7-9(3)11(13)15-12(14)10(4)8-6-2/h7-8H,5-6H2,1-4H3/b9-7+,10-8+. The second-order valence-electron chi connectivity index (χ2n) is 3.27. The molecule has 0 spiro atoms. The van der Waals surface area contributed by atoms with E-state index in [-0.39, 0.29) is 0 Å². The third-order valence-corrected chi connectivity index (χ3v) is 1.85. The zero-order chi connectivity index (χ0) is 11.8. The molecule has 0 aliphatic carbocycles. The molecule has 0 aromatic rings. The Balaban J connectivity index is 4.37. The maximum absolute atomic E-state index is 11.3. The van der Waals surface area contributed by atoms with E-state index in [1.807, 2.05) is 13.8 Å². The van der Waals surface area contributed by atoms with Gasteiger partial charge in [0.2, 0.25) is 0 Å². The summed E-state index contributed by atoms with van der Waals surface area (Å²) in [6, 6.07) is 0. The molecule has 0 fully saturated rings. The molecular formula is C12H18O3. The van der Waals surface area contributed by atoms with Gasteiger partial charge in [0.25, 0.3) is 0 Å². The number of carbonyl (C=O) groups excluding carboxylic acids is 2. The van der Waals surface area contributed by atoms with Crippen LogP contribution in [0, 0.1) is 0 Å². The Bertz CT molecular complexity index is 268. The Morgan fingerprint density at radius 1 is 0.933 bits per heavy atom. The highest BCUT2D eigenvalue weighted by atomic mass is 16.6. The van der Waals surface area contributed by atoms with Gasteiger partial charge in [-0.15, -0.1) is 0 Å². The normalized spacial score (nSPS) is 12.5. The molecule has 15 heavy (non-hydrogen) atoms. The molecule has 0 atom stereocenters. The fourth-order valence-corrected chi connectivity index (χ4v) is 1.02. The van der Waals surface area contributed by atoms with Gasteiger partial charge in [0.05, 0.1) is 0 Å². The SMILES string of the molecule is CC/C=C(\C)C(=O)OC(=O)/C(C)=C/CC. The number of hydrogen-bond acceptors (Lipinski definition) is 3. The zero-order valence-corrected chi connectivity index (χ0v) is 9.79. The first-order valence-corrected chi connectivity index (χ1v) is 5.12. The Labute approximate surface area is 90.8 Å². The maximum Gasteiger partial charge on any atom is 0.341 e. The van der Waals surface area contributed by atoms with Gasteiger partial charge in [-0.05, 0) is 26.7 Å². The molecule has 0 aliphatic rings. The van der Waals surface area contributed by atoms with Crippen molar-refractivity contribution >= 4 is 11.9 Å². The van der Waals surface area contributed by atoms with Crippen molar-refractivity contribution in [2.45, 2.75) is 40.5 Å². The fourth-order valence-electron chi connectivity index (χ4n) is 1.02. The second kappa shape index (κ2) is 6.98. The lowest BCUT2D eigenvalue weighted by molar-refractivity contribution is -0.153. The third kappa shape index (κ3) is 5.15. The van der Waals surface area contributed by atoms with Crippen molar-refractivity contribution < 1.29 is 14.3 Å². The van der Waals surface area contributed by atoms with Crippen LogP contribution in [0.25, 0.3) is 0 Å². The highest BCUT2D eigenvalue weighted by Gasteiger charge is 2.12. The van der Waals surface area contributed by atoms with Crippen LogP contribution in [0.2, 0.25) is 0 Å². The molecule has 84 valence electrons. The first kappa shape index (κ1) is 13.6. The number of hydrogen-bond donors (Lipinski definition) is 0. The summed E-state index contributed by atoms with van der Waals surface area (Å²) in [5.41, 5.74) is 0.935. The second-order valence-corrected chi connectivity index (χ2v) is 3.27. The Morgan fingerprint density at radius 3 is 1.53 bits per heavy atom. The third-order valence-electron chi connectivity index (χ3n) is 1.85. The minimum Gasteiger partial charge on any atom is -0.386 e. The smallest absolute Gasteiger partial charge is 0.341 e. The summed E-state index contributed by atoms with van der Waals surface area (Å²) in [6.45, 7) is 7.11. The van der Waals surface area contributed by atoms with Crippen molar-refractivity contribution in [2.75, 3.05) is 0 Å². The van der Waals surface area contributed by atoms with Gasteiger partial charge in [-0.1, -0.05) is 26.0 Å². The van der Waals surface area contributed by atoms with Crippen molar-refractivity contribution in [3.63, 3.8) is 0 Å². The van der Waals surface area contributed by atoms with Crippen molar-refractivity contribution in [3.05, 3.63) is 23.3 Å². The summed E-state index contributed by atoms with van der Waals surface area (Å²) in [4.78, 5) is 22.6. The van der Waals surface area contributed by atoms with Gasteiger partial charge in [0, 0.05) is 11.1 Å². The average Bonchev–Trinajstić information content (AvgIpc) is 2.18. The van der Waals surface area contributed by atoms with Crippen molar-refractivity contribution in [3.8, 4) is 0 Å². The number of ether oxygens (including phenoxy) is 1. The molecule has 3 nitrogen and oxygen atoms in total. The Kier molecular flexibility index (Phi) is 6.34. The molecule has 0 bridgehead atoms. The molecule has 0 aromatic heterocycles. The van der Waals surface area contributed by atoms with E-state index < -0.39 is 11.9 Å². The average molecular weight is 210 g/mol. The summed E-state index contributed by atoms with van der Waals surface area (Å²) < 4.78 is 4.66. The first-order valence-electron chi connectivity index (χ1n) is 5.12. The molecule has 0 saturated carbocycles. The lowest BCUT2D eigenvalue weighted by atomic mass is 10.2. The van der Waals surface area contributed by atoms with Gasteiger partial charge in [0.15, 0.2) is 0 Å². The van der Waals surface area contributed by atoms with E-state index in [4.69, 9.17) is 0 Å². The summed E-state index contributed by atoms with van der Waals surface area (Å²) in [5.74, 6) is -1.13. The Morgan fingerprint density at radius 2 is 1.27 bits per heavy atom. The highest BCUT2D eigenvalue weighted by molar-refractivity contribution is 6.01. The topological polar surface area (TPSA) is 43.4 Å². The molecule has 0 heterocycles. The van der Waals surface area contributed by atoms with Crippen LogP contribution < -0.4 is 0 Å². The molecular weight excluding hydrogens is 192 g/mol. The van der Waals surface area contributed by atoms with Crippen LogP contribution in [0.15, 0.2) is 23.3 Å². The molecule has 0 radical (unpaired) electrons. The molecule has 0 aliphatic heterocycles. The van der Waals surface area contributed by atoms with E-state index in [1.165, 1.54) is 0 Å². The van der Waals surface area contributed by atoms with Gasteiger partial charge in [-0.25, -0.2) is 9.59 Å². The highest BCUT2D eigenvalue weighted by Crippen LogP contribution is 2.03. The van der Waals surface area contributed by atoms with Crippen LogP contribution in [-0.2, 0) is 14.3 Å². The monoisotopic (exact) mass is 210 g/mol. The number of allylic oxidation sites excluding steroid dienone is 2. The molecule has 0 amide bonds. The summed E-state index contributed by atoms with van der Waals surface area (Å²) in [7, 11) is 0. The molecule has 0 unspecified atom stereocenters. The van der Waals surface area contributed by atoms with Gasteiger partial charge in [-0.3, -0.25) is 0 Å². The van der Waals surface area contributed by atoms with Crippen molar-refractivity contribution in [1.29, 1.82) is 0 Å². The van der Waals surface area contributed by atoms with E-state index in [2.05, 4.69) is 4.74 Å². The number of esters is 2. The molecule has 0 aromatic carbocycles. The van der Waals surface area contributed by atoms with Gasteiger partial charge < -0.3 is 4.74 Å². The predicted molar refractivity (Wildman–Crippen MR) is 59.2 cm³/mol. The minimum atomic E-state index is -0.564. The van der Waals surface area contributed by atoms with E-state index in [0.29, 0.717) is 11.1 Å². The van der Waals surface area contributed by atoms with Crippen molar-refractivity contribution in [2.24, 2.45) is 0 Å². The molecule has 0 N–H and O–H groups in total. The summed E-state index contributed by atoms with van der Waals surface area (Å²) in [6.07, 6.45) is 4.96. The van der Waals surface area contributed by atoms with Gasteiger partial charge >= 0.3 is 11.9 Å². The van der Waals surface area contributed by atoms with Crippen LogP contribution >= 0.6 is 0 Å². The summed E-state index contributed by atoms with van der Waals surface area (Å²) >= 11 is 0. The molecule has 0 rings (SSSR count). The van der Waals surface area contributed by atoms with Crippen LogP contribution in [-0.4, -0.2) is 11.9 Å². The number of carbonyl (C=O) groups is 2. The van der Waals surface area contributed by atoms with Gasteiger partial charge in [-0.2, -0.15) is 0 Å². The largest absolute Gasteiger partial charge is 0.386 e. The van der Waals surface area contributed by atoms with E-state index >= 15 is 0 Å². The first-order chi connectivity index (χ1) is 7.02. The molecule has 3 heteroatoms. The van der Waals surface area contributed by atoms with Crippen molar-refractivity contribution in [1.82, 2.24) is 0 Å². The fraction of sp³-hybridized carbons (Fsp3) is 0.500.